The van der Waals surface area contributed by atoms with Crippen LogP contribution in [0.1, 0.15) is 44.1 Å². The van der Waals surface area contributed by atoms with E-state index in [9.17, 15) is 4.79 Å². The van der Waals surface area contributed by atoms with Crippen LogP contribution in [0.5, 0.6) is 0 Å². The van der Waals surface area contributed by atoms with Crippen molar-refractivity contribution in [3.05, 3.63) is 29.8 Å². The lowest BCUT2D eigenvalue weighted by molar-refractivity contribution is -0.124. The highest BCUT2D eigenvalue weighted by Crippen LogP contribution is 2.17. The SMILES string of the molecule is NC(=NCc1cccc(NC(=O)C2CCCO2)c1)N1CCCCCC1. The van der Waals surface area contributed by atoms with Gasteiger partial charge < -0.3 is 20.7 Å². The van der Waals surface area contributed by atoms with Gasteiger partial charge in [-0.2, -0.15) is 0 Å². The lowest BCUT2D eigenvalue weighted by Gasteiger charge is -2.21. The van der Waals surface area contributed by atoms with Gasteiger partial charge in [0, 0.05) is 25.4 Å². The molecule has 2 saturated heterocycles. The summed E-state index contributed by atoms with van der Waals surface area (Å²) in [6.07, 6.45) is 6.33. The molecule has 2 aliphatic heterocycles. The van der Waals surface area contributed by atoms with Gasteiger partial charge in [0.05, 0.1) is 6.54 Å². The Balaban J connectivity index is 1.57. The molecule has 0 aliphatic carbocycles. The van der Waals surface area contributed by atoms with Crippen molar-refractivity contribution in [1.29, 1.82) is 0 Å². The molecular formula is C19H28N4O2. The number of carbonyl (C=O) groups is 1. The van der Waals surface area contributed by atoms with Crippen molar-refractivity contribution in [3.8, 4) is 0 Å². The number of nitrogens with one attached hydrogen (secondary N) is 1. The van der Waals surface area contributed by atoms with Gasteiger partial charge in [0.2, 0.25) is 0 Å². The van der Waals surface area contributed by atoms with Crippen LogP contribution in [0.25, 0.3) is 0 Å². The number of anilines is 1. The zero-order valence-corrected chi connectivity index (χ0v) is 14.7. The van der Waals surface area contributed by atoms with Crippen LogP contribution in [0.3, 0.4) is 0 Å². The highest BCUT2D eigenvalue weighted by molar-refractivity contribution is 5.94. The van der Waals surface area contributed by atoms with Crippen LogP contribution < -0.4 is 11.1 Å². The van der Waals surface area contributed by atoms with E-state index in [2.05, 4.69) is 15.2 Å². The molecule has 136 valence electrons. The second-order valence-electron chi connectivity index (χ2n) is 6.77. The number of guanidine groups is 1. The van der Waals surface area contributed by atoms with Crippen LogP contribution in [0.15, 0.2) is 29.3 Å². The fourth-order valence-corrected chi connectivity index (χ4v) is 3.33. The summed E-state index contributed by atoms with van der Waals surface area (Å²) in [5.74, 6) is 0.554. The van der Waals surface area contributed by atoms with E-state index in [-0.39, 0.29) is 12.0 Å². The van der Waals surface area contributed by atoms with Crippen LogP contribution in [-0.2, 0) is 16.1 Å². The van der Waals surface area contributed by atoms with Crippen molar-refractivity contribution < 1.29 is 9.53 Å². The normalized spacial score (nSPS) is 21.8. The maximum atomic E-state index is 12.1. The zero-order chi connectivity index (χ0) is 17.5. The van der Waals surface area contributed by atoms with E-state index in [1.54, 1.807) is 0 Å². The monoisotopic (exact) mass is 344 g/mol. The number of aliphatic imine (C=N–C) groups is 1. The van der Waals surface area contributed by atoms with Crippen molar-refractivity contribution in [2.45, 2.75) is 51.2 Å². The number of likely N-dealkylation sites (tertiary alicyclic amines) is 1. The molecule has 3 rings (SSSR count). The molecule has 0 spiro atoms. The van der Waals surface area contributed by atoms with Gasteiger partial charge in [0.1, 0.15) is 6.10 Å². The molecule has 1 unspecified atom stereocenters. The van der Waals surface area contributed by atoms with E-state index in [1.807, 2.05) is 24.3 Å². The third-order valence-corrected chi connectivity index (χ3v) is 4.77. The van der Waals surface area contributed by atoms with Crippen LogP contribution in [0.2, 0.25) is 0 Å². The predicted molar refractivity (Wildman–Crippen MR) is 99.4 cm³/mol. The molecule has 0 bridgehead atoms. The minimum Gasteiger partial charge on any atom is -0.370 e. The Morgan fingerprint density at radius 3 is 2.76 bits per heavy atom. The number of hydrogen-bond donors (Lipinski definition) is 2. The number of benzene rings is 1. The zero-order valence-electron chi connectivity index (χ0n) is 14.7. The molecule has 2 fully saturated rings. The number of ether oxygens (including phenoxy) is 1. The summed E-state index contributed by atoms with van der Waals surface area (Å²) in [6, 6.07) is 7.77. The Bertz CT molecular complexity index is 603. The Morgan fingerprint density at radius 1 is 1.24 bits per heavy atom. The first-order valence-electron chi connectivity index (χ1n) is 9.28. The standard InChI is InChI=1S/C19H28N4O2/c20-19(23-10-3-1-2-4-11-23)21-14-15-7-5-8-16(13-15)22-18(24)17-9-6-12-25-17/h5,7-8,13,17H,1-4,6,9-12,14H2,(H2,20,21)(H,22,24). The Hall–Kier alpha value is -2.08. The molecule has 25 heavy (non-hydrogen) atoms. The first-order valence-corrected chi connectivity index (χ1v) is 9.28. The molecule has 6 heteroatoms. The smallest absolute Gasteiger partial charge is 0.253 e. The van der Waals surface area contributed by atoms with E-state index >= 15 is 0 Å². The molecule has 2 heterocycles. The first-order chi connectivity index (χ1) is 12.2. The Labute approximate surface area is 149 Å². The third kappa shape index (κ3) is 5.19. The second kappa shape index (κ2) is 8.85. The Morgan fingerprint density at radius 2 is 2.04 bits per heavy atom. The molecule has 1 aromatic rings. The number of amides is 1. The quantitative estimate of drug-likeness (QED) is 0.650. The van der Waals surface area contributed by atoms with Crippen LogP contribution >= 0.6 is 0 Å². The van der Waals surface area contributed by atoms with Gasteiger partial charge in [-0.1, -0.05) is 25.0 Å². The molecular weight excluding hydrogens is 316 g/mol. The third-order valence-electron chi connectivity index (χ3n) is 4.77. The van der Waals surface area contributed by atoms with Gasteiger partial charge >= 0.3 is 0 Å². The largest absolute Gasteiger partial charge is 0.370 e. The van der Waals surface area contributed by atoms with E-state index in [0.717, 1.165) is 37.2 Å². The molecule has 0 aromatic heterocycles. The van der Waals surface area contributed by atoms with Gasteiger partial charge in [-0.05, 0) is 43.4 Å². The summed E-state index contributed by atoms with van der Waals surface area (Å²) in [6.45, 7) is 3.17. The highest BCUT2D eigenvalue weighted by atomic mass is 16.5. The summed E-state index contributed by atoms with van der Waals surface area (Å²) in [5.41, 5.74) is 7.97. The van der Waals surface area contributed by atoms with Crippen molar-refractivity contribution in [3.63, 3.8) is 0 Å². The van der Waals surface area contributed by atoms with E-state index < -0.39 is 0 Å². The summed E-state index contributed by atoms with van der Waals surface area (Å²) in [7, 11) is 0. The average molecular weight is 344 g/mol. The molecule has 3 N–H and O–H groups in total. The highest BCUT2D eigenvalue weighted by Gasteiger charge is 2.23. The van der Waals surface area contributed by atoms with Gasteiger partial charge in [-0.15, -0.1) is 0 Å². The van der Waals surface area contributed by atoms with Gasteiger partial charge in [0.25, 0.3) is 5.91 Å². The van der Waals surface area contributed by atoms with Crippen molar-refractivity contribution in [1.82, 2.24) is 4.90 Å². The number of carbonyl (C=O) groups excluding carboxylic acids is 1. The first kappa shape index (κ1) is 17.7. The second-order valence-corrected chi connectivity index (χ2v) is 6.77. The van der Waals surface area contributed by atoms with Crippen molar-refractivity contribution >= 4 is 17.6 Å². The van der Waals surface area contributed by atoms with Crippen LogP contribution in [0.4, 0.5) is 5.69 Å². The number of hydrogen-bond acceptors (Lipinski definition) is 3. The topological polar surface area (TPSA) is 79.9 Å². The van der Waals surface area contributed by atoms with Gasteiger partial charge in [0.15, 0.2) is 5.96 Å². The maximum absolute atomic E-state index is 12.1. The van der Waals surface area contributed by atoms with Crippen molar-refractivity contribution in [2.75, 3.05) is 25.0 Å². The lowest BCUT2D eigenvalue weighted by Crippen LogP contribution is -2.38. The minimum absolute atomic E-state index is 0.0674. The molecule has 1 aromatic carbocycles. The van der Waals surface area contributed by atoms with E-state index in [1.165, 1.54) is 25.7 Å². The van der Waals surface area contributed by atoms with Crippen LogP contribution in [-0.4, -0.2) is 42.6 Å². The summed E-state index contributed by atoms with van der Waals surface area (Å²) >= 11 is 0. The average Bonchev–Trinajstić information content (AvgIpc) is 3.03. The van der Waals surface area contributed by atoms with Gasteiger partial charge in [-0.3, -0.25) is 4.79 Å². The number of nitrogens with two attached hydrogens (primary N) is 1. The van der Waals surface area contributed by atoms with Crippen LogP contribution in [0, 0.1) is 0 Å². The fraction of sp³-hybridized carbons (Fsp3) is 0.579. The lowest BCUT2D eigenvalue weighted by atomic mass is 10.2. The molecule has 2 aliphatic rings. The van der Waals surface area contributed by atoms with Gasteiger partial charge in [-0.25, -0.2) is 4.99 Å². The minimum atomic E-state index is -0.319. The van der Waals surface area contributed by atoms with E-state index in [4.69, 9.17) is 10.5 Å². The van der Waals surface area contributed by atoms with Crippen molar-refractivity contribution in [2.24, 2.45) is 10.7 Å². The molecule has 6 nitrogen and oxygen atoms in total. The van der Waals surface area contributed by atoms with E-state index in [0.29, 0.717) is 19.1 Å². The summed E-state index contributed by atoms with van der Waals surface area (Å²) < 4.78 is 5.42. The summed E-state index contributed by atoms with van der Waals surface area (Å²) in [4.78, 5) is 18.9. The molecule has 0 radical (unpaired) electrons. The predicted octanol–water partition coefficient (Wildman–Crippen LogP) is 2.49. The summed E-state index contributed by atoms with van der Waals surface area (Å²) in [5, 5.41) is 2.93. The maximum Gasteiger partial charge on any atom is 0.253 e. The molecule has 1 atom stereocenters. The molecule has 1 amide bonds. The Kier molecular flexibility index (Phi) is 6.28. The fourth-order valence-electron chi connectivity index (χ4n) is 3.33. The number of rotatable bonds is 4. The number of nitrogens with zero attached hydrogens (tertiary/aromatic N) is 2. The molecule has 0 saturated carbocycles.